The molecule has 1 fully saturated rings. The third-order valence-electron chi connectivity index (χ3n) is 4.02. The molecule has 1 aromatic heterocycles. The second kappa shape index (κ2) is 7.11. The number of carboxylic acids is 1. The minimum Gasteiger partial charge on any atom is -0.481 e. The first-order valence-corrected chi connectivity index (χ1v) is 8.44. The number of aromatic nitrogens is 2. The number of hydrogen-bond donors (Lipinski definition) is 1. The topological polar surface area (TPSA) is 72.2 Å². The summed E-state index contributed by atoms with van der Waals surface area (Å²) in [7, 11) is 0. The van der Waals surface area contributed by atoms with Gasteiger partial charge < -0.3 is 5.11 Å². The molecule has 2 heterocycles. The van der Waals surface area contributed by atoms with E-state index in [2.05, 4.69) is 4.98 Å². The fraction of sp³-hybridized carbons (Fsp3) is 0.667. The number of carboxylic acid groups (broad SMARTS) is 1. The van der Waals surface area contributed by atoms with E-state index in [4.69, 9.17) is 5.11 Å². The Kier molecular flexibility index (Phi) is 5.45. The SMILES string of the molecule is Cc1nc(=O)n(CC2CCCCS2)c(C)c1CCC(=O)O. The highest BCUT2D eigenvalue weighted by Crippen LogP contribution is 2.26. The van der Waals surface area contributed by atoms with Gasteiger partial charge in [0.25, 0.3) is 0 Å². The molecule has 1 atom stereocenters. The van der Waals surface area contributed by atoms with Gasteiger partial charge in [-0.2, -0.15) is 16.7 Å². The van der Waals surface area contributed by atoms with Crippen LogP contribution in [0.5, 0.6) is 0 Å². The van der Waals surface area contributed by atoms with Crippen LogP contribution in [0.15, 0.2) is 4.79 Å². The number of rotatable bonds is 5. The van der Waals surface area contributed by atoms with E-state index in [1.54, 1.807) is 11.5 Å². The molecule has 1 unspecified atom stereocenters. The second-order valence-electron chi connectivity index (χ2n) is 5.54. The summed E-state index contributed by atoms with van der Waals surface area (Å²) >= 11 is 1.92. The molecule has 21 heavy (non-hydrogen) atoms. The number of aryl methyl sites for hydroxylation is 1. The molecule has 0 aromatic carbocycles. The van der Waals surface area contributed by atoms with Gasteiger partial charge in [0, 0.05) is 29.6 Å². The van der Waals surface area contributed by atoms with Crippen LogP contribution < -0.4 is 5.69 Å². The number of carbonyl (C=O) groups is 1. The quantitative estimate of drug-likeness (QED) is 0.902. The van der Waals surface area contributed by atoms with Crippen molar-refractivity contribution in [1.82, 2.24) is 9.55 Å². The average molecular weight is 310 g/mol. The van der Waals surface area contributed by atoms with Crippen LogP contribution in [0.3, 0.4) is 0 Å². The van der Waals surface area contributed by atoms with Gasteiger partial charge in [0.1, 0.15) is 0 Å². The lowest BCUT2D eigenvalue weighted by Crippen LogP contribution is -2.32. The highest BCUT2D eigenvalue weighted by Gasteiger charge is 2.18. The van der Waals surface area contributed by atoms with Crippen molar-refractivity contribution in [3.63, 3.8) is 0 Å². The number of thioether (sulfide) groups is 1. The molecule has 0 aliphatic carbocycles. The van der Waals surface area contributed by atoms with Crippen LogP contribution >= 0.6 is 11.8 Å². The molecule has 0 saturated carbocycles. The highest BCUT2D eigenvalue weighted by molar-refractivity contribution is 7.99. The summed E-state index contributed by atoms with van der Waals surface area (Å²) in [5.41, 5.74) is 2.22. The number of aliphatic carboxylic acids is 1. The number of hydrogen-bond acceptors (Lipinski definition) is 4. The molecule has 0 bridgehead atoms. The van der Waals surface area contributed by atoms with Crippen molar-refractivity contribution in [3.8, 4) is 0 Å². The van der Waals surface area contributed by atoms with E-state index in [0.717, 1.165) is 23.4 Å². The zero-order chi connectivity index (χ0) is 15.4. The molecule has 2 rings (SSSR count). The minimum atomic E-state index is -0.825. The Balaban J connectivity index is 2.25. The van der Waals surface area contributed by atoms with Crippen molar-refractivity contribution in [2.24, 2.45) is 0 Å². The fourth-order valence-electron chi connectivity index (χ4n) is 2.80. The van der Waals surface area contributed by atoms with Crippen molar-refractivity contribution in [2.45, 2.75) is 57.7 Å². The summed E-state index contributed by atoms with van der Waals surface area (Å²) in [5.74, 6) is 0.332. The summed E-state index contributed by atoms with van der Waals surface area (Å²) in [5, 5.41) is 9.31. The second-order valence-corrected chi connectivity index (χ2v) is 6.94. The Bertz CT molecular complexity index is 577. The number of nitrogens with zero attached hydrogens (tertiary/aromatic N) is 2. The van der Waals surface area contributed by atoms with Gasteiger partial charge in [-0.05, 0) is 44.4 Å². The Hall–Kier alpha value is -1.30. The van der Waals surface area contributed by atoms with E-state index >= 15 is 0 Å². The Morgan fingerprint density at radius 1 is 1.43 bits per heavy atom. The van der Waals surface area contributed by atoms with Gasteiger partial charge in [-0.1, -0.05) is 6.42 Å². The van der Waals surface area contributed by atoms with Crippen LogP contribution in [0.25, 0.3) is 0 Å². The van der Waals surface area contributed by atoms with E-state index < -0.39 is 5.97 Å². The Morgan fingerprint density at radius 2 is 2.19 bits per heavy atom. The van der Waals surface area contributed by atoms with Gasteiger partial charge in [0.05, 0.1) is 0 Å². The van der Waals surface area contributed by atoms with Crippen LogP contribution in [-0.2, 0) is 17.8 Å². The molecule has 1 N–H and O–H groups in total. The molecule has 1 aliphatic rings. The molecule has 0 radical (unpaired) electrons. The summed E-state index contributed by atoms with van der Waals surface area (Å²) in [6.07, 6.45) is 4.11. The Labute approximate surface area is 128 Å². The Morgan fingerprint density at radius 3 is 2.81 bits per heavy atom. The van der Waals surface area contributed by atoms with Crippen molar-refractivity contribution in [2.75, 3.05) is 5.75 Å². The van der Waals surface area contributed by atoms with Crippen molar-refractivity contribution < 1.29 is 9.90 Å². The maximum Gasteiger partial charge on any atom is 0.348 e. The molecule has 0 amide bonds. The third-order valence-corrected chi connectivity index (χ3v) is 5.40. The fourth-order valence-corrected chi connectivity index (χ4v) is 4.10. The predicted octanol–water partition coefficient (Wildman–Crippen LogP) is 2.16. The van der Waals surface area contributed by atoms with E-state index in [1.807, 2.05) is 18.7 Å². The lowest BCUT2D eigenvalue weighted by molar-refractivity contribution is -0.136. The van der Waals surface area contributed by atoms with Crippen molar-refractivity contribution in [3.05, 3.63) is 27.4 Å². The van der Waals surface area contributed by atoms with Crippen LogP contribution in [0.4, 0.5) is 0 Å². The molecule has 116 valence electrons. The average Bonchev–Trinajstić information content (AvgIpc) is 2.44. The summed E-state index contributed by atoms with van der Waals surface area (Å²) in [4.78, 5) is 27.0. The lowest BCUT2D eigenvalue weighted by Gasteiger charge is -2.24. The summed E-state index contributed by atoms with van der Waals surface area (Å²) in [6.45, 7) is 4.37. The summed E-state index contributed by atoms with van der Waals surface area (Å²) < 4.78 is 1.73. The first-order chi connectivity index (χ1) is 9.99. The standard InChI is InChI=1S/C15H22N2O3S/c1-10-13(6-7-14(18)19)11(2)17(15(20)16-10)9-12-5-3-4-8-21-12/h12H,3-9H2,1-2H3,(H,18,19). The molecular weight excluding hydrogens is 288 g/mol. The van der Waals surface area contributed by atoms with Gasteiger partial charge in [-0.3, -0.25) is 9.36 Å². The zero-order valence-electron chi connectivity index (χ0n) is 12.6. The molecule has 0 spiro atoms. The van der Waals surface area contributed by atoms with Crippen molar-refractivity contribution in [1.29, 1.82) is 0 Å². The van der Waals surface area contributed by atoms with Crippen LogP contribution in [-0.4, -0.2) is 31.6 Å². The molecule has 1 aliphatic heterocycles. The molecular formula is C15H22N2O3S. The monoisotopic (exact) mass is 310 g/mol. The minimum absolute atomic E-state index is 0.0692. The van der Waals surface area contributed by atoms with E-state index in [9.17, 15) is 9.59 Å². The lowest BCUT2D eigenvalue weighted by atomic mass is 10.1. The van der Waals surface area contributed by atoms with Gasteiger partial charge >= 0.3 is 11.7 Å². The van der Waals surface area contributed by atoms with Crippen molar-refractivity contribution >= 4 is 17.7 Å². The molecule has 5 nitrogen and oxygen atoms in total. The maximum atomic E-state index is 12.2. The van der Waals surface area contributed by atoms with Gasteiger partial charge in [0.2, 0.25) is 0 Å². The van der Waals surface area contributed by atoms with E-state index in [0.29, 0.717) is 23.9 Å². The molecule has 1 saturated heterocycles. The first-order valence-electron chi connectivity index (χ1n) is 7.39. The largest absolute Gasteiger partial charge is 0.481 e. The van der Waals surface area contributed by atoms with Gasteiger partial charge in [0.15, 0.2) is 0 Å². The van der Waals surface area contributed by atoms with Gasteiger partial charge in [-0.25, -0.2) is 4.79 Å². The summed E-state index contributed by atoms with van der Waals surface area (Å²) in [6, 6.07) is 0. The normalized spacial score (nSPS) is 18.7. The molecule has 6 heteroatoms. The zero-order valence-corrected chi connectivity index (χ0v) is 13.4. The predicted molar refractivity (Wildman–Crippen MR) is 84.0 cm³/mol. The molecule has 1 aromatic rings. The van der Waals surface area contributed by atoms with Crippen LogP contribution in [0.2, 0.25) is 0 Å². The van der Waals surface area contributed by atoms with Gasteiger partial charge in [-0.15, -0.1) is 0 Å². The van der Waals surface area contributed by atoms with E-state index in [1.165, 1.54) is 12.8 Å². The first kappa shape index (κ1) is 16.1. The van der Waals surface area contributed by atoms with E-state index in [-0.39, 0.29) is 12.1 Å². The van der Waals surface area contributed by atoms with Crippen LogP contribution in [0, 0.1) is 13.8 Å². The smallest absolute Gasteiger partial charge is 0.348 e. The third kappa shape index (κ3) is 4.09. The maximum absolute atomic E-state index is 12.2. The van der Waals surface area contributed by atoms with Crippen LogP contribution in [0.1, 0.15) is 42.6 Å². The highest BCUT2D eigenvalue weighted by atomic mass is 32.2.